The van der Waals surface area contributed by atoms with Crippen LogP contribution >= 0.6 is 0 Å². The molecule has 7 heteroatoms. The van der Waals surface area contributed by atoms with E-state index in [0.29, 0.717) is 18.7 Å². The van der Waals surface area contributed by atoms with Crippen molar-refractivity contribution in [1.29, 1.82) is 0 Å². The van der Waals surface area contributed by atoms with Crippen LogP contribution in [0, 0.1) is 0 Å². The first-order chi connectivity index (χ1) is 10.6. The SMILES string of the molecule is NC[C@H]1CC[C@@H](C(=O)NCc2cccc(OCC(F)F)c2)O1. The Morgan fingerprint density at radius 3 is 2.95 bits per heavy atom. The third-order valence-corrected chi connectivity index (χ3v) is 3.40. The van der Waals surface area contributed by atoms with E-state index in [1.54, 1.807) is 24.3 Å². The van der Waals surface area contributed by atoms with Gasteiger partial charge in [0.15, 0.2) is 0 Å². The highest BCUT2D eigenvalue weighted by Gasteiger charge is 2.29. The second-order valence-electron chi connectivity index (χ2n) is 5.13. The van der Waals surface area contributed by atoms with E-state index < -0.39 is 19.1 Å². The van der Waals surface area contributed by atoms with Gasteiger partial charge in [0, 0.05) is 13.1 Å². The van der Waals surface area contributed by atoms with E-state index in [0.717, 1.165) is 12.0 Å². The second-order valence-corrected chi connectivity index (χ2v) is 5.13. The Balaban J connectivity index is 1.81. The molecule has 1 aromatic carbocycles. The van der Waals surface area contributed by atoms with Crippen LogP contribution in [0.3, 0.4) is 0 Å². The van der Waals surface area contributed by atoms with E-state index in [2.05, 4.69) is 5.32 Å². The van der Waals surface area contributed by atoms with Crippen LogP contribution in [0.15, 0.2) is 24.3 Å². The fourth-order valence-corrected chi connectivity index (χ4v) is 2.28. The van der Waals surface area contributed by atoms with Crippen LogP contribution in [-0.2, 0) is 16.1 Å². The maximum Gasteiger partial charge on any atom is 0.272 e. The maximum atomic E-state index is 12.1. The first-order valence-electron chi connectivity index (χ1n) is 7.21. The van der Waals surface area contributed by atoms with Gasteiger partial charge in [-0.2, -0.15) is 0 Å². The van der Waals surface area contributed by atoms with Crippen molar-refractivity contribution in [1.82, 2.24) is 5.32 Å². The minimum absolute atomic E-state index is 0.0539. The quantitative estimate of drug-likeness (QED) is 0.799. The topological polar surface area (TPSA) is 73.6 Å². The lowest BCUT2D eigenvalue weighted by atomic mass is 10.1. The maximum absolute atomic E-state index is 12.1. The summed E-state index contributed by atoms with van der Waals surface area (Å²) in [5, 5.41) is 2.77. The van der Waals surface area contributed by atoms with Crippen molar-refractivity contribution in [2.24, 2.45) is 5.73 Å². The molecule has 1 amide bonds. The van der Waals surface area contributed by atoms with Crippen LogP contribution in [0.25, 0.3) is 0 Å². The zero-order chi connectivity index (χ0) is 15.9. The lowest BCUT2D eigenvalue weighted by Gasteiger charge is -2.13. The Bertz CT molecular complexity index is 499. The molecule has 0 saturated carbocycles. The van der Waals surface area contributed by atoms with Crippen molar-refractivity contribution >= 4 is 5.91 Å². The molecule has 1 aromatic rings. The van der Waals surface area contributed by atoms with Gasteiger partial charge in [-0.05, 0) is 30.5 Å². The fourth-order valence-electron chi connectivity index (χ4n) is 2.28. The van der Waals surface area contributed by atoms with Crippen molar-refractivity contribution in [3.05, 3.63) is 29.8 Å². The molecule has 0 bridgehead atoms. The molecular weight excluding hydrogens is 294 g/mol. The molecule has 3 N–H and O–H groups in total. The summed E-state index contributed by atoms with van der Waals surface area (Å²) >= 11 is 0. The molecule has 0 aromatic heterocycles. The molecule has 1 heterocycles. The van der Waals surface area contributed by atoms with E-state index in [1.165, 1.54) is 0 Å². The van der Waals surface area contributed by atoms with Gasteiger partial charge in [-0.1, -0.05) is 12.1 Å². The highest BCUT2D eigenvalue weighted by Crippen LogP contribution is 2.19. The number of hydrogen-bond acceptors (Lipinski definition) is 4. The van der Waals surface area contributed by atoms with Gasteiger partial charge < -0.3 is 20.5 Å². The Morgan fingerprint density at radius 2 is 2.27 bits per heavy atom. The largest absolute Gasteiger partial charge is 0.488 e. The molecule has 1 aliphatic heterocycles. The molecule has 2 atom stereocenters. The number of carbonyl (C=O) groups is 1. The molecule has 122 valence electrons. The molecule has 0 unspecified atom stereocenters. The van der Waals surface area contributed by atoms with Crippen molar-refractivity contribution in [2.45, 2.75) is 38.0 Å². The lowest BCUT2D eigenvalue weighted by molar-refractivity contribution is -0.132. The smallest absolute Gasteiger partial charge is 0.272 e. The minimum Gasteiger partial charge on any atom is -0.488 e. The number of ether oxygens (including phenoxy) is 2. The molecule has 1 fully saturated rings. The summed E-state index contributed by atoms with van der Waals surface area (Å²) in [6.07, 6.45) is -1.59. The van der Waals surface area contributed by atoms with E-state index in [4.69, 9.17) is 15.2 Å². The molecule has 1 aliphatic rings. The normalized spacial score (nSPS) is 21.1. The summed E-state index contributed by atoms with van der Waals surface area (Å²) in [7, 11) is 0. The average Bonchev–Trinajstić information content (AvgIpc) is 3.00. The molecule has 0 aliphatic carbocycles. The molecule has 2 rings (SSSR count). The van der Waals surface area contributed by atoms with Gasteiger partial charge in [-0.3, -0.25) is 4.79 Å². The number of rotatable bonds is 7. The number of alkyl halides is 2. The third kappa shape index (κ3) is 4.92. The summed E-state index contributed by atoms with van der Waals surface area (Å²) in [6, 6.07) is 6.70. The number of hydrogen-bond donors (Lipinski definition) is 2. The third-order valence-electron chi connectivity index (χ3n) is 3.40. The Morgan fingerprint density at radius 1 is 1.45 bits per heavy atom. The standard InChI is InChI=1S/C15H20F2N2O3/c16-14(17)9-21-11-3-1-2-10(6-11)8-19-15(20)13-5-4-12(7-18)22-13/h1-3,6,12-14H,4-5,7-9,18H2,(H,19,20)/t12-,13+/m1/s1. The number of nitrogens with one attached hydrogen (secondary N) is 1. The molecule has 22 heavy (non-hydrogen) atoms. The molecule has 5 nitrogen and oxygen atoms in total. The van der Waals surface area contributed by atoms with Gasteiger partial charge >= 0.3 is 0 Å². The Kier molecular flexibility index (Phi) is 6.09. The predicted octanol–water partition coefficient (Wildman–Crippen LogP) is 1.45. The van der Waals surface area contributed by atoms with Crippen molar-refractivity contribution < 1.29 is 23.0 Å². The molecule has 0 spiro atoms. The number of nitrogens with two attached hydrogens (primary N) is 1. The first-order valence-corrected chi connectivity index (χ1v) is 7.21. The van der Waals surface area contributed by atoms with E-state index >= 15 is 0 Å². The molecular formula is C15H20F2N2O3. The highest BCUT2D eigenvalue weighted by atomic mass is 19.3. The zero-order valence-electron chi connectivity index (χ0n) is 12.1. The van der Waals surface area contributed by atoms with Gasteiger partial charge in [-0.25, -0.2) is 8.78 Å². The van der Waals surface area contributed by atoms with Crippen LogP contribution in [-0.4, -0.2) is 37.7 Å². The summed E-state index contributed by atoms with van der Waals surface area (Å²) in [5.74, 6) is 0.169. The van der Waals surface area contributed by atoms with Crippen LogP contribution in [0.5, 0.6) is 5.75 Å². The highest BCUT2D eigenvalue weighted by molar-refractivity contribution is 5.81. The van der Waals surface area contributed by atoms with Crippen molar-refractivity contribution in [2.75, 3.05) is 13.2 Å². The number of amides is 1. The summed E-state index contributed by atoms with van der Waals surface area (Å²) in [4.78, 5) is 12.0. The lowest BCUT2D eigenvalue weighted by Crippen LogP contribution is -2.35. The van der Waals surface area contributed by atoms with Crippen molar-refractivity contribution in [3.63, 3.8) is 0 Å². The average molecular weight is 314 g/mol. The molecule has 1 saturated heterocycles. The zero-order valence-corrected chi connectivity index (χ0v) is 12.1. The van der Waals surface area contributed by atoms with Gasteiger partial charge in [0.1, 0.15) is 18.5 Å². The fraction of sp³-hybridized carbons (Fsp3) is 0.533. The summed E-state index contributed by atoms with van der Waals surface area (Å²) < 4.78 is 34.7. The van der Waals surface area contributed by atoms with Crippen LogP contribution in [0.2, 0.25) is 0 Å². The van der Waals surface area contributed by atoms with Crippen molar-refractivity contribution in [3.8, 4) is 5.75 Å². The van der Waals surface area contributed by atoms with Gasteiger partial charge in [0.25, 0.3) is 6.43 Å². The van der Waals surface area contributed by atoms with E-state index in [-0.39, 0.29) is 18.6 Å². The first kappa shape index (κ1) is 16.6. The number of benzene rings is 1. The van der Waals surface area contributed by atoms with E-state index in [9.17, 15) is 13.6 Å². The van der Waals surface area contributed by atoms with Gasteiger partial charge in [0.2, 0.25) is 5.91 Å². The second kappa shape index (κ2) is 8.05. The monoisotopic (exact) mass is 314 g/mol. The van der Waals surface area contributed by atoms with Crippen LogP contribution < -0.4 is 15.8 Å². The van der Waals surface area contributed by atoms with Gasteiger partial charge in [0.05, 0.1) is 6.10 Å². The molecule has 0 radical (unpaired) electrons. The van der Waals surface area contributed by atoms with E-state index in [1.807, 2.05) is 0 Å². The van der Waals surface area contributed by atoms with Gasteiger partial charge in [-0.15, -0.1) is 0 Å². The number of halogens is 2. The summed E-state index contributed by atoms with van der Waals surface area (Å²) in [6.45, 7) is 0.0529. The summed E-state index contributed by atoms with van der Waals surface area (Å²) in [5.41, 5.74) is 6.28. The van der Waals surface area contributed by atoms with Crippen LogP contribution in [0.1, 0.15) is 18.4 Å². The Hall–Kier alpha value is -1.73. The predicted molar refractivity (Wildman–Crippen MR) is 76.7 cm³/mol. The van der Waals surface area contributed by atoms with Crippen LogP contribution in [0.4, 0.5) is 8.78 Å². The number of carbonyl (C=O) groups excluding carboxylic acids is 1. The Labute approximate surface area is 127 Å². The minimum atomic E-state index is -2.52.